The molecule has 0 saturated carbocycles. The molecule has 0 spiro atoms. The number of hydrogen-bond acceptors (Lipinski definition) is 3. The highest BCUT2D eigenvalue weighted by Gasteiger charge is 2.09. The molecular weight excluding hydrogens is 172 g/mol. The van der Waals surface area contributed by atoms with Gasteiger partial charge in [0, 0.05) is 0 Å². The first-order chi connectivity index (χ1) is 6.06. The van der Waals surface area contributed by atoms with Gasteiger partial charge >= 0.3 is 11.9 Å². The van der Waals surface area contributed by atoms with E-state index in [2.05, 4.69) is 0 Å². The van der Waals surface area contributed by atoms with Gasteiger partial charge in [0.1, 0.15) is 0 Å². The average molecular weight is 188 g/mol. The summed E-state index contributed by atoms with van der Waals surface area (Å²) < 4.78 is 4.94. The molecule has 0 unspecified atom stereocenters. The van der Waals surface area contributed by atoms with Crippen LogP contribution < -0.4 is 0 Å². The highest BCUT2D eigenvalue weighted by molar-refractivity contribution is 5.76. The van der Waals surface area contributed by atoms with Crippen LogP contribution in [0.2, 0.25) is 0 Å². The van der Waals surface area contributed by atoms with Gasteiger partial charge in [0.2, 0.25) is 0 Å². The Kier molecular flexibility index (Phi) is 5.93. The molecule has 0 heterocycles. The third-order valence-electron chi connectivity index (χ3n) is 1.57. The Bertz CT molecular complexity index is 176. The van der Waals surface area contributed by atoms with Crippen molar-refractivity contribution in [1.82, 2.24) is 0 Å². The molecule has 0 aromatic heterocycles. The Morgan fingerprint density at radius 3 is 2.46 bits per heavy atom. The summed E-state index contributed by atoms with van der Waals surface area (Å²) in [6, 6.07) is 0. The normalized spacial score (nSPS) is 12.2. The van der Waals surface area contributed by atoms with Crippen molar-refractivity contribution < 1.29 is 19.4 Å². The summed E-state index contributed by atoms with van der Waals surface area (Å²) >= 11 is 0. The van der Waals surface area contributed by atoms with E-state index in [1.165, 1.54) is 0 Å². The highest BCUT2D eigenvalue weighted by atomic mass is 16.5. The van der Waals surface area contributed by atoms with Crippen LogP contribution in [0.1, 0.15) is 39.5 Å². The van der Waals surface area contributed by atoms with Crippen LogP contribution in [0.4, 0.5) is 0 Å². The highest BCUT2D eigenvalue weighted by Crippen LogP contribution is 2.03. The molecule has 1 atom stereocenters. The van der Waals surface area contributed by atoms with Crippen molar-refractivity contribution in [2.75, 3.05) is 0 Å². The molecule has 0 aliphatic carbocycles. The zero-order valence-electron chi connectivity index (χ0n) is 8.08. The molecule has 4 heteroatoms. The lowest BCUT2D eigenvalue weighted by Crippen LogP contribution is -2.15. The largest absolute Gasteiger partial charge is 0.481 e. The van der Waals surface area contributed by atoms with Crippen LogP contribution in [0.5, 0.6) is 0 Å². The standard InChI is InChI=1S/C9H16O4/c1-3-4-7(2)13-9(12)6-5-8(10)11/h7H,3-6H2,1-2H3,(H,10,11)/t7-/m1/s1. The molecule has 0 rings (SSSR count). The van der Waals surface area contributed by atoms with Gasteiger partial charge in [0.05, 0.1) is 18.9 Å². The van der Waals surface area contributed by atoms with Gasteiger partial charge in [-0.15, -0.1) is 0 Å². The van der Waals surface area contributed by atoms with Crippen molar-refractivity contribution in [3.63, 3.8) is 0 Å². The van der Waals surface area contributed by atoms with Gasteiger partial charge in [-0.3, -0.25) is 9.59 Å². The summed E-state index contributed by atoms with van der Waals surface area (Å²) in [4.78, 5) is 21.1. The van der Waals surface area contributed by atoms with Crippen molar-refractivity contribution in [1.29, 1.82) is 0 Å². The molecule has 0 radical (unpaired) electrons. The van der Waals surface area contributed by atoms with Crippen LogP contribution in [0.3, 0.4) is 0 Å². The maximum Gasteiger partial charge on any atom is 0.306 e. The average Bonchev–Trinajstić information content (AvgIpc) is 2.01. The Hall–Kier alpha value is -1.06. The molecule has 0 aromatic carbocycles. The number of hydrogen-bond donors (Lipinski definition) is 1. The van der Waals surface area contributed by atoms with E-state index in [1.807, 2.05) is 13.8 Å². The number of carboxylic acid groups (broad SMARTS) is 1. The lowest BCUT2D eigenvalue weighted by Gasteiger charge is -2.11. The Labute approximate surface area is 77.9 Å². The second-order valence-electron chi connectivity index (χ2n) is 2.98. The van der Waals surface area contributed by atoms with Gasteiger partial charge < -0.3 is 9.84 Å². The number of rotatable bonds is 6. The number of ether oxygens (including phenoxy) is 1. The minimum absolute atomic E-state index is 0.0383. The van der Waals surface area contributed by atoms with Crippen LogP contribution in [0.25, 0.3) is 0 Å². The van der Waals surface area contributed by atoms with E-state index in [4.69, 9.17) is 9.84 Å². The Morgan fingerprint density at radius 2 is 2.00 bits per heavy atom. The van der Waals surface area contributed by atoms with Gasteiger partial charge in [0.15, 0.2) is 0 Å². The fourth-order valence-corrected chi connectivity index (χ4v) is 0.958. The molecule has 0 saturated heterocycles. The summed E-state index contributed by atoms with van der Waals surface area (Å²) in [5.74, 6) is -1.40. The smallest absolute Gasteiger partial charge is 0.306 e. The predicted molar refractivity (Wildman–Crippen MR) is 47.3 cm³/mol. The molecular formula is C9H16O4. The van der Waals surface area contributed by atoms with E-state index >= 15 is 0 Å². The van der Waals surface area contributed by atoms with Crippen molar-refractivity contribution in [3.05, 3.63) is 0 Å². The van der Waals surface area contributed by atoms with Crippen LogP contribution >= 0.6 is 0 Å². The molecule has 1 N–H and O–H groups in total. The fourth-order valence-electron chi connectivity index (χ4n) is 0.958. The van der Waals surface area contributed by atoms with Crippen LogP contribution in [-0.2, 0) is 14.3 Å². The molecule has 0 bridgehead atoms. The number of esters is 1. The minimum Gasteiger partial charge on any atom is -0.481 e. The summed E-state index contributed by atoms with van der Waals surface area (Å²) in [5, 5.41) is 8.29. The monoisotopic (exact) mass is 188 g/mol. The molecule has 0 aliphatic rings. The van der Waals surface area contributed by atoms with E-state index in [0.717, 1.165) is 12.8 Å². The quantitative estimate of drug-likeness (QED) is 0.643. The van der Waals surface area contributed by atoms with E-state index in [1.54, 1.807) is 0 Å². The molecule has 0 aliphatic heterocycles. The van der Waals surface area contributed by atoms with Crippen LogP contribution in [0.15, 0.2) is 0 Å². The number of carbonyl (C=O) groups excluding carboxylic acids is 1. The second kappa shape index (κ2) is 6.46. The minimum atomic E-state index is -0.972. The third kappa shape index (κ3) is 7.31. The lowest BCUT2D eigenvalue weighted by molar-refractivity contribution is -0.151. The number of carbonyl (C=O) groups is 2. The maximum absolute atomic E-state index is 10.9. The van der Waals surface area contributed by atoms with E-state index in [-0.39, 0.29) is 18.9 Å². The molecule has 0 aromatic rings. The summed E-state index contributed by atoms with van der Waals surface area (Å²) in [6.07, 6.45) is 1.47. The zero-order valence-corrected chi connectivity index (χ0v) is 8.08. The second-order valence-corrected chi connectivity index (χ2v) is 2.98. The molecule has 13 heavy (non-hydrogen) atoms. The molecule has 76 valence electrons. The SMILES string of the molecule is CCC[C@@H](C)OC(=O)CCC(=O)O. The van der Waals surface area contributed by atoms with Gasteiger partial charge in [0.25, 0.3) is 0 Å². The van der Waals surface area contributed by atoms with Crippen molar-refractivity contribution in [3.8, 4) is 0 Å². The first-order valence-corrected chi connectivity index (χ1v) is 4.47. The van der Waals surface area contributed by atoms with Gasteiger partial charge in [-0.2, -0.15) is 0 Å². The zero-order chi connectivity index (χ0) is 10.3. The predicted octanol–water partition coefficient (Wildman–Crippen LogP) is 1.58. The van der Waals surface area contributed by atoms with Crippen LogP contribution in [0, 0.1) is 0 Å². The molecule has 0 amide bonds. The fraction of sp³-hybridized carbons (Fsp3) is 0.778. The van der Waals surface area contributed by atoms with E-state index in [9.17, 15) is 9.59 Å². The van der Waals surface area contributed by atoms with Gasteiger partial charge in [-0.25, -0.2) is 0 Å². The Morgan fingerprint density at radius 1 is 1.38 bits per heavy atom. The van der Waals surface area contributed by atoms with Crippen molar-refractivity contribution in [2.45, 2.75) is 45.6 Å². The first kappa shape index (κ1) is 11.9. The molecule has 4 nitrogen and oxygen atoms in total. The molecule has 0 fully saturated rings. The number of aliphatic carboxylic acids is 1. The third-order valence-corrected chi connectivity index (χ3v) is 1.57. The van der Waals surface area contributed by atoms with Crippen molar-refractivity contribution in [2.24, 2.45) is 0 Å². The van der Waals surface area contributed by atoms with Gasteiger partial charge in [-0.05, 0) is 13.3 Å². The summed E-state index contributed by atoms with van der Waals surface area (Å²) in [7, 11) is 0. The van der Waals surface area contributed by atoms with Crippen LogP contribution in [-0.4, -0.2) is 23.1 Å². The topological polar surface area (TPSA) is 63.6 Å². The van der Waals surface area contributed by atoms with E-state index in [0.29, 0.717) is 0 Å². The summed E-state index contributed by atoms with van der Waals surface area (Å²) in [6.45, 7) is 3.81. The number of carboxylic acids is 1. The Balaban J connectivity index is 3.55. The van der Waals surface area contributed by atoms with Crippen molar-refractivity contribution >= 4 is 11.9 Å². The van der Waals surface area contributed by atoms with Gasteiger partial charge in [-0.1, -0.05) is 13.3 Å². The maximum atomic E-state index is 10.9. The lowest BCUT2D eigenvalue weighted by atomic mass is 10.2. The van der Waals surface area contributed by atoms with E-state index < -0.39 is 11.9 Å². The summed E-state index contributed by atoms with van der Waals surface area (Å²) in [5.41, 5.74) is 0. The first-order valence-electron chi connectivity index (χ1n) is 4.47.